The van der Waals surface area contributed by atoms with E-state index in [-0.39, 0.29) is 6.71 Å². The van der Waals surface area contributed by atoms with Crippen molar-refractivity contribution in [2.45, 2.75) is 20.7 Å². The molecule has 0 radical (unpaired) electrons. The van der Waals surface area contributed by atoms with E-state index in [0.717, 1.165) is 39.0 Å². The van der Waals surface area contributed by atoms with Gasteiger partial charge in [0.2, 0.25) is 0 Å². The third kappa shape index (κ3) is 2.17. The van der Waals surface area contributed by atoms with Crippen LogP contribution in [-0.2, 0) is 0 Å². The summed E-state index contributed by atoms with van der Waals surface area (Å²) in [6.45, 7) is 1.68. The number of rotatable bonds is 1. The summed E-state index contributed by atoms with van der Waals surface area (Å²) in [4.78, 5) is 0. The highest BCUT2D eigenvalue weighted by Gasteiger charge is 2.34. The Morgan fingerprint density at radius 2 is 1.48 bits per heavy atom. The zero-order chi connectivity index (χ0) is 18.5. The van der Waals surface area contributed by atoms with Crippen molar-refractivity contribution >= 4 is 23.1 Å². The van der Waals surface area contributed by atoms with E-state index in [0.29, 0.717) is 5.56 Å². The first-order chi connectivity index (χ1) is 12.4. The molecule has 1 aliphatic heterocycles. The van der Waals surface area contributed by atoms with Crippen LogP contribution in [0.4, 0.5) is 0 Å². The number of hydrogen-bond acceptors (Lipinski definition) is 1. The molecule has 1 nitrogen and oxygen atoms in total. The van der Waals surface area contributed by atoms with Gasteiger partial charge in [-0.1, -0.05) is 71.2 Å². The van der Waals surface area contributed by atoms with Crippen LogP contribution in [0, 0.1) is 20.7 Å². The van der Waals surface area contributed by atoms with Gasteiger partial charge in [-0.15, -0.1) is 0 Å². The van der Waals surface area contributed by atoms with Gasteiger partial charge in [0.25, 0.3) is 6.71 Å². The van der Waals surface area contributed by atoms with Gasteiger partial charge in [-0.05, 0) is 43.3 Å². The molecule has 2 heteroatoms. The minimum absolute atomic E-state index is 0.161. The molecule has 1 heterocycles. The fourth-order valence-electron chi connectivity index (χ4n) is 3.51. The molecule has 0 aromatic heterocycles. The monoisotopic (exact) mass is 301 g/mol. The summed E-state index contributed by atoms with van der Waals surface area (Å²) in [6, 6.07) is 19.5. The van der Waals surface area contributed by atoms with Crippen molar-refractivity contribution in [2.24, 2.45) is 0 Å². The molecule has 0 N–H and O–H groups in total. The maximum Gasteiger partial charge on any atom is 0.251 e. The Hall–Kier alpha value is -2.48. The molecule has 3 aromatic rings. The predicted molar refractivity (Wildman–Crippen MR) is 98.3 cm³/mol. The van der Waals surface area contributed by atoms with Crippen LogP contribution in [0.2, 0.25) is 0 Å². The molecule has 0 saturated heterocycles. The second kappa shape index (κ2) is 5.31. The first kappa shape index (κ1) is 11.1. The van der Waals surface area contributed by atoms with E-state index in [1.165, 1.54) is 0 Å². The van der Waals surface area contributed by atoms with Crippen molar-refractivity contribution in [2.75, 3.05) is 0 Å². The Balaban J connectivity index is 2.07. The van der Waals surface area contributed by atoms with E-state index in [1.807, 2.05) is 68.4 Å². The van der Waals surface area contributed by atoms with Crippen molar-refractivity contribution in [1.29, 1.82) is 0 Å². The van der Waals surface area contributed by atoms with Gasteiger partial charge in [0, 0.05) is 4.11 Å². The molecule has 23 heavy (non-hydrogen) atoms. The average Bonchev–Trinajstić information content (AvgIpc) is 2.60. The molecule has 1 aliphatic rings. The molecular weight excluding hydrogens is 279 g/mol. The normalized spacial score (nSPS) is 14.9. The largest absolute Gasteiger partial charge is 0.458 e. The molecule has 0 spiro atoms. The highest BCUT2D eigenvalue weighted by molar-refractivity contribution is 6.97. The SMILES string of the molecule is [2H]C([2H])([2H])c1cccc(C)c1B1c2ccccc2Oc2c(C)cccc21. The van der Waals surface area contributed by atoms with Crippen LogP contribution in [-0.4, -0.2) is 6.71 Å². The van der Waals surface area contributed by atoms with E-state index in [9.17, 15) is 0 Å². The van der Waals surface area contributed by atoms with E-state index >= 15 is 0 Å². The number of ether oxygens (including phenoxy) is 1. The van der Waals surface area contributed by atoms with Gasteiger partial charge in [-0.3, -0.25) is 0 Å². The third-order valence-corrected chi connectivity index (χ3v) is 4.61. The molecule has 4 rings (SSSR count). The van der Waals surface area contributed by atoms with Crippen molar-refractivity contribution < 1.29 is 8.85 Å². The van der Waals surface area contributed by atoms with Crippen LogP contribution in [0.25, 0.3) is 0 Å². The highest BCUT2D eigenvalue weighted by atomic mass is 16.5. The smallest absolute Gasteiger partial charge is 0.251 e. The average molecular weight is 301 g/mol. The molecule has 3 aromatic carbocycles. The molecule has 0 atom stereocenters. The topological polar surface area (TPSA) is 9.23 Å². The first-order valence-electron chi connectivity index (χ1n) is 9.34. The maximum atomic E-state index is 8.04. The number of benzene rings is 3. The molecule has 0 bridgehead atoms. The summed E-state index contributed by atoms with van der Waals surface area (Å²) >= 11 is 0. The van der Waals surface area contributed by atoms with Gasteiger partial charge in [-0.2, -0.15) is 0 Å². The Bertz CT molecular complexity index is 995. The fourth-order valence-corrected chi connectivity index (χ4v) is 3.51. The third-order valence-electron chi connectivity index (χ3n) is 4.61. The zero-order valence-corrected chi connectivity index (χ0v) is 13.3. The zero-order valence-electron chi connectivity index (χ0n) is 16.3. The number of para-hydroxylation sites is 2. The van der Waals surface area contributed by atoms with Crippen molar-refractivity contribution in [1.82, 2.24) is 0 Å². The summed E-state index contributed by atoms with van der Waals surface area (Å²) in [5.74, 6) is 1.62. The molecule has 0 fully saturated rings. The predicted octanol–water partition coefficient (Wildman–Crippen LogP) is 3.23. The van der Waals surface area contributed by atoms with E-state index < -0.39 is 6.85 Å². The van der Waals surface area contributed by atoms with Gasteiger partial charge < -0.3 is 4.74 Å². The van der Waals surface area contributed by atoms with Gasteiger partial charge in [-0.25, -0.2) is 0 Å². The second-order valence-electron chi connectivity index (χ2n) is 6.10. The first-order valence-corrected chi connectivity index (χ1v) is 7.84. The van der Waals surface area contributed by atoms with Crippen molar-refractivity contribution in [3.8, 4) is 11.5 Å². The Labute approximate surface area is 142 Å². The number of fused-ring (bicyclic) bond motifs is 2. The van der Waals surface area contributed by atoms with Crippen LogP contribution in [0.3, 0.4) is 0 Å². The van der Waals surface area contributed by atoms with Crippen LogP contribution < -0.4 is 21.1 Å². The molecule has 0 aliphatic carbocycles. The molecule has 0 amide bonds. The van der Waals surface area contributed by atoms with E-state index in [1.54, 1.807) is 6.07 Å². The van der Waals surface area contributed by atoms with Crippen LogP contribution in [0.5, 0.6) is 11.5 Å². The quantitative estimate of drug-likeness (QED) is 0.490. The van der Waals surface area contributed by atoms with Gasteiger partial charge in [0.15, 0.2) is 0 Å². The number of hydrogen-bond donors (Lipinski definition) is 0. The summed E-state index contributed by atoms with van der Waals surface area (Å²) in [7, 11) is 0. The Morgan fingerprint density at radius 3 is 2.35 bits per heavy atom. The lowest BCUT2D eigenvalue weighted by atomic mass is 9.34. The summed E-state index contributed by atoms with van der Waals surface area (Å²) in [5, 5.41) is 0. The molecule has 0 saturated carbocycles. The summed E-state index contributed by atoms with van der Waals surface area (Å²) in [6.07, 6.45) is 0. The van der Waals surface area contributed by atoms with E-state index in [4.69, 9.17) is 8.85 Å². The van der Waals surface area contributed by atoms with E-state index in [2.05, 4.69) is 0 Å². The van der Waals surface area contributed by atoms with Crippen LogP contribution in [0.1, 0.15) is 20.8 Å². The van der Waals surface area contributed by atoms with Gasteiger partial charge in [0.05, 0.1) is 0 Å². The van der Waals surface area contributed by atoms with Gasteiger partial charge in [0.1, 0.15) is 11.5 Å². The lowest BCUT2D eigenvalue weighted by Crippen LogP contribution is -2.56. The lowest BCUT2D eigenvalue weighted by Gasteiger charge is -2.29. The maximum absolute atomic E-state index is 8.04. The summed E-state index contributed by atoms with van der Waals surface area (Å²) in [5.41, 5.74) is 5.31. The second-order valence-corrected chi connectivity index (χ2v) is 6.10. The van der Waals surface area contributed by atoms with Crippen molar-refractivity contribution in [3.63, 3.8) is 0 Å². The fraction of sp³-hybridized carbons (Fsp3) is 0.143. The minimum Gasteiger partial charge on any atom is -0.458 e. The van der Waals surface area contributed by atoms with Gasteiger partial charge >= 0.3 is 0 Å². The molecular formula is C21H19BO. The molecule has 112 valence electrons. The lowest BCUT2D eigenvalue weighted by molar-refractivity contribution is 0.483. The minimum atomic E-state index is -2.17. The van der Waals surface area contributed by atoms with Crippen LogP contribution in [0.15, 0.2) is 60.7 Å². The van der Waals surface area contributed by atoms with Crippen molar-refractivity contribution in [3.05, 3.63) is 77.4 Å². The van der Waals surface area contributed by atoms with Crippen LogP contribution >= 0.6 is 0 Å². The number of aryl methyl sites for hydroxylation is 3. The Morgan fingerprint density at radius 1 is 0.783 bits per heavy atom. The molecule has 0 unspecified atom stereocenters. The highest BCUT2D eigenvalue weighted by Crippen LogP contribution is 2.27. The standard InChI is InChI=1S/C21H19BO/c1-14-8-6-9-15(2)20(14)22-17-11-4-5-13-19(17)23-21-16(3)10-7-12-18(21)22/h4-13H,1-3H3/i1D3. The summed E-state index contributed by atoms with van der Waals surface area (Å²) < 4.78 is 30.3. The Kier molecular flexibility index (Phi) is 2.57.